The minimum absolute atomic E-state index is 0.0310. The quantitative estimate of drug-likeness (QED) is 0.346. The lowest BCUT2D eigenvalue weighted by molar-refractivity contribution is -0.236. The molecule has 0 radical (unpaired) electrons. The molecule has 0 bridgehead atoms. The summed E-state index contributed by atoms with van der Waals surface area (Å²) < 4.78 is 49.1. The number of halogens is 3. The van der Waals surface area contributed by atoms with E-state index in [2.05, 4.69) is 4.98 Å². The van der Waals surface area contributed by atoms with Crippen molar-refractivity contribution in [1.82, 2.24) is 23.4 Å². The number of morpholine rings is 1. The number of rotatable bonds is 4. The zero-order valence-corrected chi connectivity index (χ0v) is 20.9. The van der Waals surface area contributed by atoms with Gasteiger partial charge in [0.15, 0.2) is 6.10 Å². The number of aromatic nitrogens is 4. The third-order valence-corrected chi connectivity index (χ3v) is 7.12. The maximum atomic E-state index is 13.7. The molecule has 200 valence electrons. The Bertz CT molecular complexity index is 1750. The number of aryl methyl sites for hydroxylation is 1. The maximum absolute atomic E-state index is 13.7. The molecule has 2 aromatic carbocycles. The van der Waals surface area contributed by atoms with Gasteiger partial charge >= 0.3 is 11.9 Å². The topological polar surface area (TPSA) is 73.8 Å². The number of hydrogen-bond acceptors (Lipinski definition) is 4. The van der Waals surface area contributed by atoms with E-state index in [1.807, 2.05) is 60.0 Å². The summed E-state index contributed by atoms with van der Waals surface area (Å²) in [7, 11) is 0. The first-order valence-corrected chi connectivity index (χ1v) is 12.4. The van der Waals surface area contributed by atoms with Crippen molar-refractivity contribution in [3.63, 3.8) is 0 Å². The monoisotopic (exact) mass is 535 g/mol. The van der Waals surface area contributed by atoms with Crippen LogP contribution in [0.2, 0.25) is 0 Å². The van der Waals surface area contributed by atoms with Gasteiger partial charge in [-0.1, -0.05) is 30.3 Å². The van der Waals surface area contributed by atoms with E-state index in [-0.39, 0.29) is 19.7 Å². The molecule has 8 nitrogen and oxygen atoms in total. The summed E-state index contributed by atoms with van der Waals surface area (Å²) in [6.07, 6.45) is -1.18. The van der Waals surface area contributed by atoms with Crippen molar-refractivity contribution < 1.29 is 22.7 Å². The van der Waals surface area contributed by atoms with Gasteiger partial charge in [0.05, 0.1) is 47.9 Å². The molecule has 1 fully saturated rings. The number of amides is 1. The van der Waals surface area contributed by atoms with Gasteiger partial charge in [0.2, 0.25) is 5.91 Å². The van der Waals surface area contributed by atoms with Gasteiger partial charge < -0.3 is 14.0 Å². The van der Waals surface area contributed by atoms with Gasteiger partial charge in [-0.2, -0.15) is 13.2 Å². The number of carbonyl (C=O) groups excluding carboxylic acids is 1. The number of benzene rings is 2. The van der Waals surface area contributed by atoms with Crippen LogP contribution in [0.1, 0.15) is 5.56 Å². The Hall–Kier alpha value is -4.38. The first-order chi connectivity index (χ1) is 18.7. The third-order valence-electron chi connectivity index (χ3n) is 7.12. The number of imidazole rings is 2. The highest BCUT2D eigenvalue weighted by Crippen LogP contribution is 2.28. The fourth-order valence-electron chi connectivity index (χ4n) is 5.16. The van der Waals surface area contributed by atoms with Gasteiger partial charge in [-0.3, -0.25) is 13.9 Å². The van der Waals surface area contributed by atoms with E-state index in [1.165, 1.54) is 4.57 Å². The van der Waals surface area contributed by atoms with Crippen molar-refractivity contribution in [3.05, 3.63) is 89.4 Å². The molecule has 5 aromatic rings. The average molecular weight is 536 g/mol. The third kappa shape index (κ3) is 4.38. The van der Waals surface area contributed by atoms with Gasteiger partial charge in [0.25, 0.3) is 0 Å². The molecule has 39 heavy (non-hydrogen) atoms. The van der Waals surface area contributed by atoms with Crippen LogP contribution in [0, 0.1) is 6.92 Å². The standard InChI is InChI=1S/C28H24F3N5O3/c1-18-4-2-6-22-26(18)36(20-9-7-19(8-10-20)21-5-3-11-34-17-32-14-23(21)34)27(38)35(22)16-25(37)33-12-13-39-24(15-33)28(29,30)31/h2-11,14,17,24H,12-13,15-16H2,1H3. The molecule has 6 rings (SSSR count). The van der Waals surface area contributed by atoms with Gasteiger partial charge in [0, 0.05) is 18.3 Å². The van der Waals surface area contributed by atoms with Crippen molar-refractivity contribution in [2.24, 2.45) is 0 Å². The Balaban J connectivity index is 1.37. The number of ether oxygens (including phenoxy) is 1. The minimum atomic E-state index is -4.57. The molecule has 3 aromatic heterocycles. The molecule has 4 heterocycles. The number of alkyl halides is 3. The fraction of sp³-hybridized carbons (Fsp3) is 0.250. The van der Waals surface area contributed by atoms with Gasteiger partial charge in [-0.05, 0) is 42.3 Å². The van der Waals surface area contributed by atoms with E-state index in [0.717, 1.165) is 27.1 Å². The van der Waals surface area contributed by atoms with Crippen molar-refractivity contribution in [2.75, 3.05) is 19.7 Å². The lowest BCUT2D eigenvalue weighted by Crippen LogP contribution is -2.52. The van der Waals surface area contributed by atoms with E-state index in [9.17, 15) is 22.8 Å². The van der Waals surface area contributed by atoms with E-state index in [4.69, 9.17) is 4.74 Å². The summed E-state index contributed by atoms with van der Waals surface area (Å²) in [5.74, 6) is -0.570. The van der Waals surface area contributed by atoms with E-state index >= 15 is 0 Å². The van der Waals surface area contributed by atoms with Gasteiger partial charge in [0.1, 0.15) is 6.54 Å². The van der Waals surface area contributed by atoms with Crippen molar-refractivity contribution in [1.29, 1.82) is 0 Å². The first kappa shape index (κ1) is 24.9. The normalized spacial score (nSPS) is 16.3. The SMILES string of the molecule is Cc1cccc2c1n(-c1ccc(-c3cccn4cncc34)cc1)c(=O)n2CC(=O)N1CCOC(C(F)(F)F)C1. The summed E-state index contributed by atoms with van der Waals surface area (Å²) in [4.78, 5) is 32.1. The first-order valence-electron chi connectivity index (χ1n) is 12.4. The fourth-order valence-corrected chi connectivity index (χ4v) is 5.16. The van der Waals surface area contributed by atoms with E-state index < -0.39 is 30.4 Å². The minimum Gasteiger partial charge on any atom is -0.365 e. The lowest BCUT2D eigenvalue weighted by atomic mass is 10.1. The second-order valence-corrected chi connectivity index (χ2v) is 9.54. The molecule has 0 spiro atoms. The number of para-hydroxylation sites is 1. The second kappa shape index (κ2) is 9.42. The molecule has 1 atom stereocenters. The highest BCUT2D eigenvalue weighted by Gasteiger charge is 2.44. The van der Waals surface area contributed by atoms with E-state index in [1.54, 1.807) is 29.2 Å². The van der Waals surface area contributed by atoms with Crippen molar-refractivity contribution in [2.45, 2.75) is 25.7 Å². The summed E-state index contributed by atoms with van der Waals surface area (Å²) in [6.45, 7) is 0.709. The van der Waals surface area contributed by atoms with Crippen LogP contribution in [0.3, 0.4) is 0 Å². The number of fused-ring (bicyclic) bond motifs is 2. The molecular weight excluding hydrogens is 511 g/mol. The molecule has 11 heteroatoms. The predicted octanol–water partition coefficient (Wildman–Crippen LogP) is 4.21. The molecular formula is C28H24F3N5O3. The Morgan fingerprint density at radius 3 is 2.64 bits per heavy atom. The maximum Gasteiger partial charge on any atom is 0.416 e. The van der Waals surface area contributed by atoms with Crippen LogP contribution < -0.4 is 5.69 Å². The smallest absolute Gasteiger partial charge is 0.365 e. The number of pyridine rings is 1. The Labute approximate surface area is 220 Å². The van der Waals surface area contributed by atoms with Gasteiger partial charge in [-0.25, -0.2) is 9.78 Å². The summed E-state index contributed by atoms with van der Waals surface area (Å²) in [5.41, 5.74) is 5.04. The highest BCUT2D eigenvalue weighted by molar-refractivity contribution is 5.85. The summed E-state index contributed by atoms with van der Waals surface area (Å²) in [5, 5.41) is 0. The van der Waals surface area contributed by atoms with Crippen LogP contribution >= 0.6 is 0 Å². The highest BCUT2D eigenvalue weighted by atomic mass is 19.4. The summed E-state index contributed by atoms with van der Waals surface area (Å²) >= 11 is 0. The van der Waals surface area contributed by atoms with E-state index in [0.29, 0.717) is 16.7 Å². The number of hydrogen-bond donors (Lipinski definition) is 0. The molecule has 0 saturated carbocycles. The number of nitrogens with zero attached hydrogens (tertiary/aromatic N) is 5. The van der Waals surface area contributed by atoms with Crippen molar-refractivity contribution in [3.8, 4) is 16.8 Å². The molecule has 1 amide bonds. The molecule has 0 aliphatic carbocycles. The Morgan fingerprint density at radius 1 is 1.08 bits per heavy atom. The predicted molar refractivity (Wildman–Crippen MR) is 139 cm³/mol. The largest absolute Gasteiger partial charge is 0.416 e. The zero-order valence-electron chi connectivity index (χ0n) is 20.9. The molecule has 1 aliphatic rings. The molecule has 0 N–H and O–H groups in total. The summed E-state index contributed by atoms with van der Waals surface area (Å²) in [6, 6.07) is 16.8. The van der Waals surface area contributed by atoms with Gasteiger partial charge in [-0.15, -0.1) is 0 Å². The van der Waals surface area contributed by atoms with Crippen LogP contribution in [0.25, 0.3) is 33.4 Å². The molecule has 1 aliphatic heterocycles. The van der Waals surface area contributed by atoms with Crippen LogP contribution in [0.15, 0.2) is 78.1 Å². The average Bonchev–Trinajstić information content (AvgIpc) is 3.52. The van der Waals surface area contributed by atoms with Crippen LogP contribution in [0.5, 0.6) is 0 Å². The van der Waals surface area contributed by atoms with Crippen LogP contribution in [0.4, 0.5) is 13.2 Å². The molecule has 1 saturated heterocycles. The second-order valence-electron chi connectivity index (χ2n) is 9.54. The molecule has 1 unspecified atom stereocenters. The number of carbonyl (C=O) groups is 1. The Morgan fingerprint density at radius 2 is 1.87 bits per heavy atom. The Kier molecular flexibility index (Phi) is 6.02. The van der Waals surface area contributed by atoms with Crippen molar-refractivity contribution >= 4 is 22.5 Å². The lowest BCUT2D eigenvalue weighted by Gasteiger charge is -2.33. The van der Waals surface area contributed by atoms with Crippen LogP contribution in [-0.2, 0) is 16.1 Å². The zero-order chi connectivity index (χ0) is 27.3. The van der Waals surface area contributed by atoms with Crippen LogP contribution in [-0.4, -0.2) is 61.3 Å².